The van der Waals surface area contributed by atoms with E-state index in [2.05, 4.69) is 40.6 Å². The number of halogens is 1. The minimum Gasteiger partial charge on any atom is -0.465 e. The highest BCUT2D eigenvalue weighted by molar-refractivity contribution is 9.10. The van der Waals surface area contributed by atoms with Crippen molar-refractivity contribution in [3.8, 4) is 0 Å². The van der Waals surface area contributed by atoms with Crippen LogP contribution >= 0.6 is 15.9 Å². The maximum atomic E-state index is 11.4. The van der Waals surface area contributed by atoms with Gasteiger partial charge in [-0.25, -0.2) is 4.79 Å². The van der Waals surface area contributed by atoms with Crippen molar-refractivity contribution in [1.29, 1.82) is 0 Å². The number of hydrogen-bond donors (Lipinski definition) is 1. The molecule has 0 saturated carbocycles. The lowest BCUT2D eigenvalue weighted by molar-refractivity contribution is 0.0600. The van der Waals surface area contributed by atoms with Gasteiger partial charge in [0.2, 0.25) is 6.39 Å². The number of ether oxygens (including phenoxy) is 1. The van der Waals surface area contributed by atoms with Crippen LogP contribution in [-0.2, 0) is 17.7 Å². The summed E-state index contributed by atoms with van der Waals surface area (Å²) in [7, 11) is 1.36. The first-order valence-corrected chi connectivity index (χ1v) is 6.82. The SMILES string of the molecule is COC(=O)c1ccc(CNCCc2ncon2)c(Br)c1. The molecule has 20 heavy (non-hydrogen) atoms. The van der Waals surface area contributed by atoms with Crippen molar-refractivity contribution in [3.63, 3.8) is 0 Å². The Balaban J connectivity index is 1.85. The van der Waals surface area contributed by atoms with E-state index < -0.39 is 0 Å². The molecule has 0 saturated heterocycles. The highest BCUT2D eigenvalue weighted by atomic mass is 79.9. The van der Waals surface area contributed by atoms with E-state index in [1.807, 2.05) is 6.07 Å². The molecule has 1 aromatic carbocycles. The second kappa shape index (κ2) is 7.16. The smallest absolute Gasteiger partial charge is 0.337 e. The molecule has 1 aromatic heterocycles. The highest BCUT2D eigenvalue weighted by Crippen LogP contribution is 2.19. The standard InChI is InChI=1S/C13H14BrN3O3/c1-19-13(18)9-2-3-10(11(14)6-9)7-15-5-4-12-16-8-20-17-12/h2-3,6,8,15H,4-5,7H2,1H3. The molecule has 6 nitrogen and oxygen atoms in total. The molecule has 2 rings (SSSR count). The van der Waals surface area contributed by atoms with Crippen molar-refractivity contribution >= 4 is 21.9 Å². The first-order chi connectivity index (χ1) is 9.70. The van der Waals surface area contributed by atoms with Gasteiger partial charge in [-0.05, 0) is 17.7 Å². The molecule has 0 fully saturated rings. The predicted octanol–water partition coefficient (Wildman–Crippen LogP) is 1.95. The molecule has 0 aliphatic heterocycles. The molecule has 0 aliphatic carbocycles. The van der Waals surface area contributed by atoms with Crippen LogP contribution in [0.4, 0.5) is 0 Å². The van der Waals surface area contributed by atoms with Gasteiger partial charge in [0, 0.05) is 24.0 Å². The number of benzene rings is 1. The van der Waals surface area contributed by atoms with Crippen LogP contribution in [0.1, 0.15) is 21.7 Å². The van der Waals surface area contributed by atoms with Crippen LogP contribution in [0.5, 0.6) is 0 Å². The van der Waals surface area contributed by atoms with Crippen LogP contribution in [0.15, 0.2) is 33.6 Å². The van der Waals surface area contributed by atoms with E-state index in [4.69, 9.17) is 0 Å². The molecule has 0 atom stereocenters. The number of carbonyl (C=O) groups excluding carboxylic acids is 1. The molecule has 106 valence electrons. The monoisotopic (exact) mass is 339 g/mol. The Morgan fingerprint density at radius 2 is 2.35 bits per heavy atom. The molecule has 0 spiro atoms. The second-order valence-corrected chi connectivity index (χ2v) is 4.93. The first-order valence-electron chi connectivity index (χ1n) is 6.03. The van der Waals surface area contributed by atoms with Gasteiger partial charge in [-0.2, -0.15) is 4.98 Å². The van der Waals surface area contributed by atoms with Gasteiger partial charge in [0.15, 0.2) is 5.82 Å². The van der Waals surface area contributed by atoms with Gasteiger partial charge in [-0.15, -0.1) is 0 Å². The van der Waals surface area contributed by atoms with Crippen LogP contribution in [0.3, 0.4) is 0 Å². The third-order valence-corrected chi connectivity index (χ3v) is 3.46. The van der Waals surface area contributed by atoms with E-state index in [1.54, 1.807) is 12.1 Å². The fourth-order valence-electron chi connectivity index (χ4n) is 1.66. The van der Waals surface area contributed by atoms with Crippen LogP contribution in [0.2, 0.25) is 0 Å². The summed E-state index contributed by atoms with van der Waals surface area (Å²) in [5, 5.41) is 7.01. The van der Waals surface area contributed by atoms with Crippen molar-refractivity contribution in [2.45, 2.75) is 13.0 Å². The molecular weight excluding hydrogens is 326 g/mol. The molecule has 7 heteroatoms. The summed E-state index contributed by atoms with van der Waals surface area (Å²) in [6, 6.07) is 5.38. The van der Waals surface area contributed by atoms with Gasteiger partial charge in [-0.3, -0.25) is 0 Å². The largest absolute Gasteiger partial charge is 0.465 e. The number of nitrogens with one attached hydrogen (secondary N) is 1. The average molecular weight is 340 g/mol. The molecular formula is C13H14BrN3O3. The van der Waals surface area contributed by atoms with Crippen molar-refractivity contribution in [3.05, 3.63) is 46.0 Å². The minimum absolute atomic E-state index is 0.345. The molecule has 0 amide bonds. The quantitative estimate of drug-likeness (QED) is 0.640. The average Bonchev–Trinajstić information content (AvgIpc) is 2.97. The first kappa shape index (κ1) is 14.7. The fraction of sp³-hybridized carbons (Fsp3) is 0.308. The number of aromatic nitrogens is 2. The van der Waals surface area contributed by atoms with Crippen molar-refractivity contribution < 1.29 is 14.1 Å². The molecule has 0 bridgehead atoms. The number of hydrogen-bond acceptors (Lipinski definition) is 6. The van der Waals surface area contributed by atoms with Crippen LogP contribution < -0.4 is 5.32 Å². The summed E-state index contributed by atoms with van der Waals surface area (Å²) < 4.78 is 10.2. The lowest BCUT2D eigenvalue weighted by Crippen LogP contribution is -2.17. The third kappa shape index (κ3) is 3.88. The Hall–Kier alpha value is -1.73. The predicted molar refractivity (Wildman–Crippen MR) is 75.2 cm³/mol. The van der Waals surface area contributed by atoms with E-state index in [1.165, 1.54) is 13.5 Å². The van der Waals surface area contributed by atoms with Gasteiger partial charge in [-0.1, -0.05) is 27.2 Å². The highest BCUT2D eigenvalue weighted by Gasteiger charge is 2.08. The van der Waals surface area contributed by atoms with E-state index in [0.717, 1.165) is 16.6 Å². The van der Waals surface area contributed by atoms with Crippen LogP contribution in [-0.4, -0.2) is 29.8 Å². The number of nitrogens with zero attached hydrogens (tertiary/aromatic N) is 2. The van der Waals surface area contributed by atoms with E-state index >= 15 is 0 Å². The zero-order chi connectivity index (χ0) is 14.4. The summed E-state index contributed by atoms with van der Waals surface area (Å²) >= 11 is 3.45. The topological polar surface area (TPSA) is 77.2 Å². The summed E-state index contributed by atoms with van der Waals surface area (Å²) in [5.74, 6) is 0.333. The van der Waals surface area contributed by atoms with Gasteiger partial charge < -0.3 is 14.6 Å². The zero-order valence-corrected chi connectivity index (χ0v) is 12.5. The molecule has 0 aliphatic rings. The van der Waals surface area contributed by atoms with E-state index in [9.17, 15) is 4.79 Å². The Bertz CT molecular complexity index is 572. The molecule has 0 radical (unpaired) electrons. The maximum absolute atomic E-state index is 11.4. The second-order valence-electron chi connectivity index (χ2n) is 4.07. The van der Waals surface area contributed by atoms with Crippen molar-refractivity contribution in [2.75, 3.05) is 13.7 Å². The lowest BCUT2D eigenvalue weighted by atomic mass is 10.1. The fourth-order valence-corrected chi connectivity index (χ4v) is 2.18. The summed E-state index contributed by atoms with van der Waals surface area (Å²) in [4.78, 5) is 15.3. The van der Waals surface area contributed by atoms with Gasteiger partial charge >= 0.3 is 5.97 Å². The summed E-state index contributed by atoms with van der Waals surface area (Å²) in [5.41, 5.74) is 1.58. The van der Waals surface area contributed by atoms with E-state index in [-0.39, 0.29) is 5.97 Å². The number of rotatable bonds is 6. The minimum atomic E-state index is -0.345. The van der Waals surface area contributed by atoms with Gasteiger partial charge in [0.25, 0.3) is 0 Å². The summed E-state index contributed by atoms with van der Waals surface area (Å²) in [6.07, 6.45) is 2.02. The Labute approximate surface area is 124 Å². The zero-order valence-electron chi connectivity index (χ0n) is 10.9. The van der Waals surface area contributed by atoms with Crippen molar-refractivity contribution in [1.82, 2.24) is 15.5 Å². The number of methoxy groups -OCH3 is 1. The van der Waals surface area contributed by atoms with Crippen LogP contribution in [0, 0.1) is 0 Å². The molecule has 1 N–H and O–H groups in total. The Morgan fingerprint density at radius 1 is 1.50 bits per heavy atom. The van der Waals surface area contributed by atoms with Crippen molar-refractivity contribution in [2.24, 2.45) is 0 Å². The summed E-state index contributed by atoms with van der Waals surface area (Å²) in [6.45, 7) is 1.42. The molecule has 2 aromatic rings. The van der Waals surface area contributed by atoms with Gasteiger partial charge in [0.05, 0.1) is 12.7 Å². The van der Waals surface area contributed by atoms with E-state index in [0.29, 0.717) is 24.4 Å². The van der Waals surface area contributed by atoms with Crippen LogP contribution in [0.25, 0.3) is 0 Å². The maximum Gasteiger partial charge on any atom is 0.337 e. The molecule has 0 unspecified atom stereocenters. The number of esters is 1. The third-order valence-electron chi connectivity index (χ3n) is 2.72. The number of carbonyl (C=O) groups is 1. The lowest BCUT2D eigenvalue weighted by Gasteiger charge is -2.07. The molecule has 1 heterocycles. The Morgan fingerprint density at radius 3 is 3.00 bits per heavy atom. The Kier molecular flexibility index (Phi) is 5.25. The van der Waals surface area contributed by atoms with Gasteiger partial charge in [0.1, 0.15) is 0 Å². The normalized spacial score (nSPS) is 10.5.